The molecule has 3 N–H and O–H groups in total. The number of phenolic OH excluding ortho intramolecular Hbond substituents is 1. The summed E-state index contributed by atoms with van der Waals surface area (Å²) in [4.78, 5) is 0. The number of halogens is 1. The first-order valence-electron chi connectivity index (χ1n) is 9.05. The monoisotopic (exact) mass is 402 g/mol. The molecule has 0 unspecified atom stereocenters. The molecule has 27 heavy (non-hydrogen) atoms. The van der Waals surface area contributed by atoms with Crippen molar-refractivity contribution in [1.29, 1.82) is 0 Å². The largest absolute Gasteiger partial charge is 0.506 e. The van der Waals surface area contributed by atoms with Gasteiger partial charge in [-0.15, -0.1) is 0 Å². The van der Waals surface area contributed by atoms with E-state index in [0.717, 1.165) is 18.4 Å². The van der Waals surface area contributed by atoms with Crippen LogP contribution in [0.2, 0.25) is 5.02 Å². The van der Waals surface area contributed by atoms with Crippen LogP contribution in [0.1, 0.15) is 49.3 Å². The summed E-state index contributed by atoms with van der Waals surface area (Å²) in [5, 5.41) is 17.7. The average Bonchev–Trinajstić information content (AvgIpc) is 2.54. The van der Waals surface area contributed by atoms with Gasteiger partial charge in [-0.3, -0.25) is 0 Å². The lowest BCUT2D eigenvalue weighted by atomic mass is 9.76. The predicted molar refractivity (Wildman–Crippen MR) is 112 cm³/mol. The highest BCUT2D eigenvalue weighted by Gasteiger charge is 2.49. The minimum Gasteiger partial charge on any atom is -0.506 e. The second kappa shape index (κ2) is 6.28. The van der Waals surface area contributed by atoms with Gasteiger partial charge in [0.2, 0.25) is 0 Å². The number of aryl methyl sites for hydroxylation is 1. The predicted octanol–water partition coefficient (Wildman–Crippen LogP) is 4.61. The Kier molecular flexibility index (Phi) is 4.28. The number of hydrogen-bond donors (Lipinski definition) is 3. The minimum atomic E-state index is -0.647. The molecule has 4 rings (SSSR count). The molecule has 2 atom stereocenters. The molecule has 0 radical (unpaired) electrons. The van der Waals surface area contributed by atoms with Gasteiger partial charge in [0.1, 0.15) is 11.5 Å². The van der Waals surface area contributed by atoms with Gasteiger partial charge in [-0.2, -0.15) is 0 Å². The number of rotatable bonds is 1. The van der Waals surface area contributed by atoms with Gasteiger partial charge >= 0.3 is 0 Å². The summed E-state index contributed by atoms with van der Waals surface area (Å²) >= 11 is 11.7. The van der Waals surface area contributed by atoms with E-state index in [1.165, 1.54) is 11.1 Å². The van der Waals surface area contributed by atoms with E-state index in [9.17, 15) is 5.11 Å². The van der Waals surface area contributed by atoms with Gasteiger partial charge in [-0.1, -0.05) is 35.9 Å². The van der Waals surface area contributed by atoms with Crippen LogP contribution in [-0.4, -0.2) is 21.5 Å². The lowest BCUT2D eigenvalue weighted by Crippen LogP contribution is -2.69. The van der Waals surface area contributed by atoms with E-state index < -0.39 is 5.72 Å². The van der Waals surface area contributed by atoms with Crippen LogP contribution in [0, 0.1) is 6.92 Å². The molecular weight excluding hydrogens is 380 g/mol. The zero-order valence-electron chi connectivity index (χ0n) is 15.6. The Balaban J connectivity index is 1.87. The van der Waals surface area contributed by atoms with Crippen LogP contribution in [0.15, 0.2) is 36.4 Å². The maximum atomic E-state index is 10.2. The third kappa shape index (κ3) is 3.34. The van der Waals surface area contributed by atoms with Crippen molar-refractivity contribution in [3.63, 3.8) is 0 Å². The number of aromatic hydroxyl groups is 1. The van der Waals surface area contributed by atoms with Crippen LogP contribution >= 0.6 is 23.8 Å². The Bertz CT molecular complexity index is 930. The quantitative estimate of drug-likeness (QED) is 0.608. The van der Waals surface area contributed by atoms with E-state index >= 15 is 0 Å². The van der Waals surface area contributed by atoms with Crippen LogP contribution in [0.3, 0.4) is 0 Å². The molecule has 1 saturated heterocycles. The number of hydrogen-bond acceptors (Lipinski definition) is 3. The Morgan fingerprint density at radius 3 is 2.63 bits per heavy atom. The first-order valence-corrected chi connectivity index (χ1v) is 9.84. The third-order valence-electron chi connectivity index (χ3n) is 5.38. The van der Waals surface area contributed by atoms with E-state index in [1.807, 2.05) is 12.1 Å². The lowest BCUT2D eigenvalue weighted by molar-refractivity contribution is -0.0128. The van der Waals surface area contributed by atoms with Crippen molar-refractivity contribution in [3.8, 4) is 11.5 Å². The fourth-order valence-electron chi connectivity index (χ4n) is 4.40. The molecular formula is C21H23ClN2O2S. The summed E-state index contributed by atoms with van der Waals surface area (Å²) in [5.41, 5.74) is 2.58. The van der Waals surface area contributed by atoms with Crippen molar-refractivity contribution in [1.82, 2.24) is 10.6 Å². The Labute approximate surface area is 169 Å². The van der Waals surface area contributed by atoms with Gasteiger partial charge in [-0.25, -0.2) is 0 Å². The van der Waals surface area contributed by atoms with Crippen LogP contribution in [0.25, 0.3) is 0 Å². The highest BCUT2D eigenvalue weighted by atomic mass is 35.5. The molecule has 0 saturated carbocycles. The topological polar surface area (TPSA) is 53.5 Å². The molecule has 2 aromatic carbocycles. The van der Waals surface area contributed by atoms with E-state index in [4.69, 9.17) is 28.6 Å². The van der Waals surface area contributed by atoms with Crippen molar-refractivity contribution >= 4 is 28.9 Å². The molecule has 2 aliphatic heterocycles. The standard InChI is InChI=1S/C21H23ClN2O2S/c1-12-6-4-5-7-13(12)15-10-21(11-20(2,3)23-19(27)24-21)26-18-9-17(25)16(22)8-14(15)18/h4-9,15,25H,10-11H2,1-3H3,(H2,23,24,27)/t15-,21+/m1/s1. The first kappa shape index (κ1) is 18.4. The minimum absolute atomic E-state index is 0.0202. The van der Waals surface area contributed by atoms with Crippen LogP contribution in [0.5, 0.6) is 11.5 Å². The van der Waals surface area contributed by atoms with Crippen LogP contribution < -0.4 is 15.4 Å². The second-order valence-electron chi connectivity index (χ2n) is 8.19. The third-order valence-corrected chi connectivity index (χ3v) is 5.89. The van der Waals surface area contributed by atoms with Gasteiger partial charge in [-0.05, 0) is 50.2 Å². The molecule has 0 aliphatic carbocycles. The molecule has 1 fully saturated rings. The summed E-state index contributed by atoms with van der Waals surface area (Å²) in [6.45, 7) is 6.34. The maximum absolute atomic E-state index is 10.2. The summed E-state index contributed by atoms with van der Waals surface area (Å²) in [6, 6.07) is 11.8. The number of benzene rings is 2. The summed E-state index contributed by atoms with van der Waals surface area (Å²) in [7, 11) is 0. The van der Waals surface area contributed by atoms with Gasteiger partial charge in [0.05, 0.1) is 5.02 Å². The number of nitrogens with one attached hydrogen (secondary N) is 2. The Morgan fingerprint density at radius 1 is 1.19 bits per heavy atom. The van der Waals surface area contributed by atoms with Crippen molar-refractivity contribution < 1.29 is 9.84 Å². The fourth-order valence-corrected chi connectivity index (χ4v) is 5.03. The van der Waals surface area contributed by atoms with Crippen molar-refractivity contribution in [2.75, 3.05) is 0 Å². The zero-order valence-corrected chi connectivity index (χ0v) is 17.2. The van der Waals surface area contributed by atoms with Crippen LogP contribution in [0.4, 0.5) is 0 Å². The first-order chi connectivity index (χ1) is 12.7. The molecule has 0 aromatic heterocycles. The highest BCUT2D eigenvalue weighted by molar-refractivity contribution is 7.80. The van der Waals surface area contributed by atoms with E-state index in [0.29, 0.717) is 15.9 Å². The molecule has 6 heteroatoms. The van der Waals surface area contributed by atoms with Crippen LogP contribution in [-0.2, 0) is 0 Å². The summed E-state index contributed by atoms with van der Waals surface area (Å²) < 4.78 is 6.44. The summed E-state index contributed by atoms with van der Waals surface area (Å²) in [5.74, 6) is 0.744. The van der Waals surface area contributed by atoms with Gasteiger partial charge in [0, 0.05) is 35.9 Å². The van der Waals surface area contributed by atoms with Gasteiger partial charge in [0.15, 0.2) is 10.8 Å². The van der Waals surface area contributed by atoms with E-state index in [-0.39, 0.29) is 17.2 Å². The summed E-state index contributed by atoms with van der Waals surface area (Å²) in [6.07, 6.45) is 1.45. The number of ether oxygens (including phenoxy) is 1. The normalized spacial score (nSPS) is 25.9. The average molecular weight is 403 g/mol. The fraction of sp³-hybridized carbons (Fsp3) is 0.381. The number of fused-ring (bicyclic) bond motifs is 1. The molecule has 4 nitrogen and oxygen atoms in total. The number of thiocarbonyl (C=S) groups is 1. The van der Waals surface area contributed by atoms with E-state index in [1.54, 1.807) is 6.07 Å². The maximum Gasteiger partial charge on any atom is 0.185 e. The van der Waals surface area contributed by atoms with Crippen molar-refractivity contribution in [2.45, 2.75) is 50.8 Å². The Morgan fingerprint density at radius 2 is 1.93 bits per heavy atom. The van der Waals surface area contributed by atoms with E-state index in [2.05, 4.69) is 49.6 Å². The lowest BCUT2D eigenvalue weighted by Gasteiger charge is -2.50. The SMILES string of the molecule is Cc1ccccc1[C@H]1C[C@@]2(CC(C)(C)NC(=S)N2)Oc2cc(O)c(Cl)cc21. The molecule has 0 bridgehead atoms. The molecule has 1 spiro atoms. The molecule has 2 heterocycles. The van der Waals surface area contributed by atoms with Gasteiger partial charge in [0.25, 0.3) is 0 Å². The van der Waals surface area contributed by atoms with Crippen molar-refractivity contribution in [2.24, 2.45) is 0 Å². The highest BCUT2D eigenvalue weighted by Crippen LogP contribution is 2.49. The van der Waals surface area contributed by atoms with Crippen molar-refractivity contribution in [3.05, 3.63) is 58.1 Å². The Hall–Kier alpha value is -1.98. The zero-order chi connectivity index (χ0) is 19.4. The second-order valence-corrected chi connectivity index (χ2v) is 9.01. The number of phenols is 1. The molecule has 142 valence electrons. The molecule has 2 aliphatic rings. The molecule has 0 amide bonds. The molecule has 2 aromatic rings. The van der Waals surface area contributed by atoms with Gasteiger partial charge < -0.3 is 20.5 Å². The smallest absolute Gasteiger partial charge is 0.185 e.